The Bertz CT molecular complexity index is 573. The second kappa shape index (κ2) is 7.76. The van der Waals surface area contributed by atoms with Gasteiger partial charge >= 0.3 is 5.97 Å². The van der Waals surface area contributed by atoms with Crippen LogP contribution in [0.25, 0.3) is 0 Å². The largest absolute Gasteiger partial charge is 0.480 e. The number of likely N-dealkylation sites (N-methyl/N-ethyl adjacent to an activating group) is 1. The number of piperidine rings is 1. The maximum Gasteiger partial charge on any atom is 0.323 e. The summed E-state index contributed by atoms with van der Waals surface area (Å²) in [4.78, 5) is 38.9. The quantitative estimate of drug-likeness (QED) is 0.892. The van der Waals surface area contributed by atoms with E-state index in [4.69, 9.17) is 5.11 Å². The van der Waals surface area contributed by atoms with Crippen molar-refractivity contribution in [2.24, 2.45) is 5.92 Å². The number of benzene rings is 1. The summed E-state index contributed by atoms with van der Waals surface area (Å²) in [5.41, 5.74) is 0.610. The molecule has 0 spiro atoms. The second-order valence-corrected chi connectivity index (χ2v) is 5.70. The SMILES string of the molecule is CCN(CC(=O)O)C(=O)[C@@H]1CCCN(C(=O)c2ccccc2)C1. The van der Waals surface area contributed by atoms with Gasteiger partial charge in [0.05, 0.1) is 5.92 Å². The molecule has 0 aromatic heterocycles. The molecule has 6 nitrogen and oxygen atoms in total. The first-order chi connectivity index (χ1) is 11.0. The van der Waals surface area contributed by atoms with Gasteiger partial charge in [-0.2, -0.15) is 0 Å². The Morgan fingerprint density at radius 1 is 1.26 bits per heavy atom. The number of amides is 2. The molecular formula is C17H22N2O4. The monoisotopic (exact) mass is 318 g/mol. The van der Waals surface area contributed by atoms with Gasteiger partial charge in [0.25, 0.3) is 5.91 Å². The summed E-state index contributed by atoms with van der Waals surface area (Å²) in [6.07, 6.45) is 1.44. The summed E-state index contributed by atoms with van der Waals surface area (Å²) in [6.45, 7) is 2.80. The van der Waals surface area contributed by atoms with E-state index in [0.717, 1.165) is 6.42 Å². The molecule has 1 aliphatic rings. The number of carbonyl (C=O) groups excluding carboxylic acids is 2. The number of aliphatic carboxylic acids is 1. The third-order valence-electron chi connectivity index (χ3n) is 4.10. The minimum Gasteiger partial charge on any atom is -0.480 e. The molecule has 0 saturated carbocycles. The molecule has 1 saturated heterocycles. The molecule has 2 rings (SSSR count). The minimum atomic E-state index is -1.02. The van der Waals surface area contributed by atoms with Crippen LogP contribution in [0.2, 0.25) is 0 Å². The molecule has 2 amide bonds. The summed E-state index contributed by atoms with van der Waals surface area (Å²) >= 11 is 0. The summed E-state index contributed by atoms with van der Waals surface area (Å²) in [7, 11) is 0. The van der Waals surface area contributed by atoms with Gasteiger partial charge in [0, 0.05) is 25.2 Å². The van der Waals surface area contributed by atoms with Crippen LogP contribution in [0.5, 0.6) is 0 Å². The standard InChI is InChI=1S/C17H22N2O4/c1-2-18(12-15(20)21)17(23)14-9-6-10-19(11-14)16(22)13-7-4-3-5-8-13/h3-5,7-8,14H,2,6,9-12H2,1H3,(H,20,21)/t14-/m1/s1. The first-order valence-electron chi connectivity index (χ1n) is 7.87. The lowest BCUT2D eigenvalue weighted by atomic mass is 9.95. The third-order valence-corrected chi connectivity index (χ3v) is 4.10. The van der Waals surface area contributed by atoms with Gasteiger partial charge in [-0.1, -0.05) is 18.2 Å². The Kier molecular flexibility index (Phi) is 5.73. The van der Waals surface area contributed by atoms with Crippen LogP contribution in [0, 0.1) is 5.92 Å². The van der Waals surface area contributed by atoms with Crippen LogP contribution in [-0.4, -0.2) is 58.9 Å². The molecule has 1 N–H and O–H groups in total. The van der Waals surface area contributed by atoms with Crippen LogP contribution in [0.15, 0.2) is 30.3 Å². The number of carbonyl (C=O) groups is 3. The van der Waals surface area contributed by atoms with E-state index in [9.17, 15) is 14.4 Å². The first-order valence-corrected chi connectivity index (χ1v) is 7.87. The van der Waals surface area contributed by atoms with Gasteiger partial charge in [-0.3, -0.25) is 14.4 Å². The Balaban J connectivity index is 2.04. The van der Waals surface area contributed by atoms with Crippen molar-refractivity contribution < 1.29 is 19.5 Å². The van der Waals surface area contributed by atoms with Gasteiger partial charge in [0.1, 0.15) is 6.54 Å². The molecule has 1 atom stereocenters. The van der Waals surface area contributed by atoms with Crippen LogP contribution in [0.1, 0.15) is 30.1 Å². The fourth-order valence-corrected chi connectivity index (χ4v) is 2.89. The summed E-state index contributed by atoms with van der Waals surface area (Å²) < 4.78 is 0. The lowest BCUT2D eigenvalue weighted by molar-refractivity contribution is -0.146. The molecule has 0 radical (unpaired) electrons. The normalized spacial score (nSPS) is 17.6. The minimum absolute atomic E-state index is 0.0793. The van der Waals surface area contributed by atoms with Crippen molar-refractivity contribution in [2.75, 3.05) is 26.2 Å². The number of rotatable bonds is 5. The average molecular weight is 318 g/mol. The van der Waals surface area contributed by atoms with Crippen molar-refractivity contribution in [3.63, 3.8) is 0 Å². The van der Waals surface area contributed by atoms with Crippen molar-refractivity contribution in [2.45, 2.75) is 19.8 Å². The van der Waals surface area contributed by atoms with Crippen molar-refractivity contribution in [1.29, 1.82) is 0 Å². The number of likely N-dealkylation sites (tertiary alicyclic amines) is 1. The topological polar surface area (TPSA) is 77.9 Å². The van der Waals surface area contributed by atoms with E-state index in [-0.39, 0.29) is 24.3 Å². The third kappa shape index (κ3) is 4.31. The van der Waals surface area contributed by atoms with Gasteiger partial charge in [0.15, 0.2) is 0 Å². The second-order valence-electron chi connectivity index (χ2n) is 5.70. The molecule has 1 aromatic rings. The van der Waals surface area contributed by atoms with E-state index >= 15 is 0 Å². The van der Waals surface area contributed by atoms with Gasteiger partial charge < -0.3 is 14.9 Å². The van der Waals surface area contributed by atoms with Gasteiger partial charge in [-0.25, -0.2) is 0 Å². The Hall–Kier alpha value is -2.37. The Morgan fingerprint density at radius 2 is 1.96 bits per heavy atom. The van der Waals surface area contributed by atoms with Gasteiger partial charge in [-0.15, -0.1) is 0 Å². The maximum atomic E-state index is 12.5. The number of hydrogen-bond donors (Lipinski definition) is 1. The molecule has 1 aromatic carbocycles. The highest BCUT2D eigenvalue weighted by Gasteiger charge is 2.31. The summed E-state index contributed by atoms with van der Waals surface area (Å²) in [5, 5.41) is 8.89. The van der Waals surface area contributed by atoms with Crippen LogP contribution in [0.4, 0.5) is 0 Å². The van der Waals surface area contributed by atoms with E-state index in [2.05, 4.69) is 0 Å². The van der Waals surface area contributed by atoms with Crippen LogP contribution >= 0.6 is 0 Å². The maximum absolute atomic E-state index is 12.5. The first kappa shape index (κ1) is 17.0. The molecule has 1 aliphatic heterocycles. The average Bonchev–Trinajstić information content (AvgIpc) is 2.59. The molecule has 124 valence electrons. The summed E-state index contributed by atoms with van der Waals surface area (Å²) in [5.74, 6) is -1.60. The molecule has 6 heteroatoms. The van der Waals surface area contributed by atoms with E-state index in [1.54, 1.807) is 24.0 Å². The zero-order chi connectivity index (χ0) is 16.8. The molecular weight excluding hydrogens is 296 g/mol. The van der Waals surface area contributed by atoms with Crippen LogP contribution in [0.3, 0.4) is 0 Å². The number of hydrogen-bond acceptors (Lipinski definition) is 3. The summed E-state index contributed by atoms with van der Waals surface area (Å²) in [6, 6.07) is 8.99. The van der Waals surface area contributed by atoms with Crippen LogP contribution in [-0.2, 0) is 9.59 Å². The van der Waals surface area contributed by atoms with Crippen molar-refractivity contribution in [3.8, 4) is 0 Å². The van der Waals surface area contributed by atoms with E-state index in [1.165, 1.54) is 4.90 Å². The van der Waals surface area contributed by atoms with Gasteiger partial charge in [-0.05, 0) is 31.9 Å². The van der Waals surface area contributed by atoms with Crippen molar-refractivity contribution >= 4 is 17.8 Å². The molecule has 0 aliphatic carbocycles. The Labute approximate surface area is 135 Å². The number of carboxylic acids is 1. The highest BCUT2D eigenvalue weighted by molar-refractivity contribution is 5.94. The fraction of sp³-hybridized carbons (Fsp3) is 0.471. The van der Waals surface area contributed by atoms with E-state index < -0.39 is 5.97 Å². The molecule has 0 unspecified atom stereocenters. The Morgan fingerprint density at radius 3 is 2.57 bits per heavy atom. The zero-order valence-corrected chi connectivity index (χ0v) is 13.3. The molecule has 0 bridgehead atoms. The van der Waals surface area contributed by atoms with Crippen molar-refractivity contribution in [3.05, 3.63) is 35.9 Å². The molecule has 1 heterocycles. The predicted molar refractivity (Wildman–Crippen MR) is 85.0 cm³/mol. The number of nitrogens with zero attached hydrogens (tertiary/aromatic N) is 2. The predicted octanol–water partition coefficient (Wildman–Crippen LogP) is 1.47. The zero-order valence-electron chi connectivity index (χ0n) is 13.3. The fourth-order valence-electron chi connectivity index (χ4n) is 2.89. The molecule has 1 fully saturated rings. The lowest BCUT2D eigenvalue weighted by Gasteiger charge is -2.34. The molecule has 23 heavy (non-hydrogen) atoms. The lowest BCUT2D eigenvalue weighted by Crippen LogP contribution is -2.47. The smallest absolute Gasteiger partial charge is 0.323 e. The highest BCUT2D eigenvalue weighted by atomic mass is 16.4. The van der Waals surface area contributed by atoms with E-state index in [0.29, 0.717) is 31.6 Å². The van der Waals surface area contributed by atoms with Crippen LogP contribution < -0.4 is 0 Å². The highest BCUT2D eigenvalue weighted by Crippen LogP contribution is 2.20. The van der Waals surface area contributed by atoms with E-state index in [1.807, 2.05) is 18.2 Å². The number of carboxylic acid groups (broad SMARTS) is 1. The van der Waals surface area contributed by atoms with Crippen molar-refractivity contribution in [1.82, 2.24) is 9.80 Å². The van der Waals surface area contributed by atoms with Gasteiger partial charge in [0.2, 0.25) is 5.91 Å².